The lowest BCUT2D eigenvalue weighted by Crippen LogP contribution is -2.37. The Morgan fingerprint density at radius 1 is 1.24 bits per heavy atom. The molecule has 1 saturated heterocycles. The number of anilines is 2. The summed E-state index contributed by atoms with van der Waals surface area (Å²) in [5, 5.41) is 11.6. The van der Waals surface area contributed by atoms with Crippen LogP contribution in [0.2, 0.25) is 0 Å². The van der Waals surface area contributed by atoms with Gasteiger partial charge in [-0.05, 0) is 38.0 Å². The lowest BCUT2D eigenvalue weighted by molar-refractivity contribution is -0.384. The number of nitrogens with zero attached hydrogens (tertiary/aromatic N) is 3. The third-order valence-corrected chi connectivity index (χ3v) is 7.11. The van der Waals surface area contributed by atoms with Gasteiger partial charge in [0.25, 0.3) is 0 Å². The van der Waals surface area contributed by atoms with Crippen LogP contribution in [0.15, 0.2) is 35.2 Å². The number of ether oxygens (including phenoxy) is 2. The molecular formula is C21H26N4O7S. The Morgan fingerprint density at radius 2 is 1.94 bits per heavy atom. The van der Waals surface area contributed by atoms with Crippen molar-refractivity contribution in [2.24, 2.45) is 5.92 Å². The monoisotopic (exact) mass is 478 g/mol. The van der Waals surface area contributed by atoms with Crippen molar-refractivity contribution < 1.29 is 27.6 Å². The number of piperidine rings is 1. The van der Waals surface area contributed by atoms with Crippen LogP contribution < -0.4 is 15.4 Å². The molecule has 0 amide bonds. The van der Waals surface area contributed by atoms with Crippen molar-refractivity contribution in [1.29, 1.82) is 0 Å². The summed E-state index contributed by atoms with van der Waals surface area (Å²) in [6.07, 6.45) is 0.978. The fourth-order valence-corrected chi connectivity index (χ4v) is 4.45. The molecule has 1 aliphatic heterocycles. The van der Waals surface area contributed by atoms with Crippen LogP contribution in [-0.4, -0.2) is 49.7 Å². The van der Waals surface area contributed by atoms with E-state index in [4.69, 9.17) is 15.2 Å². The van der Waals surface area contributed by atoms with Gasteiger partial charge in [0.05, 0.1) is 33.8 Å². The van der Waals surface area contributed by atoms with Crippen LogP contribution in [0.5, 0.6) is 11.6 Å². The predicted octanol–water partition coefficient (Wildman–Crippen LogP) is 2.94. The van der Waals surface area contributed by atoms with Gasteiger partial charge in [0.15, 0.2) is 15.6 Å². The molecule has 0 aliphatic carbocycles. The zero-order valence-electron chi connectivity index (χ0n) is 18.4. The number of esters is 1. The normalized spacial score (nSPS) is 14.7. The predicted molar refractivity (Wildman–Crippen MR) is 121 cm³/mol. The lowest BCUT2D eigenvalue weighted by atomic mass is 9.97. The maximum Gasteiger partial charge on any atom is 0.311 e. The Morgan fingerprint density at radius 3 is 2.52 bits per heavy atom. The quantitative estimate of drug-likeness (QED) is 0.259. The molecule has 178 valence electrons. The Balaban J connectivity index is 1.83. The minimum Gasteiger partial charge on any atom is -0.466 e. The molecule has 1 aliphatic rings. The number of hydrogen-bond donors (Lipinski definition) is 1. The fraction of sp³-hybridized carbons (Fsp3) is 0.429. The Kier molecular flexibility index (Phi) is 7.36. The second-order valence-electron chi connectivity index (χ2n) is 7.47. The largest absolute Gasteiger partial charge is 0.466 e. The summed E-state index contributed by atoms with van der Waals surface area (Å²) in [6.45, 7) is 4.38. The number of sulfone groups is 1. The van der Waals surface area contributed by atoms with Gasteiger partial charge in [0, 0.05) is 25.2 Å². The van der Waals surface area contributed by atoms with E-state index in [1.165, 1.54) is 37.3 Å². The van der Waals surface area contributed by atoms with Gasteiger partial charge in [-0.25, -0.2) is 8.42 Å². The molecule has 2 aromatic rings. The van der Waals surface area contributed by atoms with Gasteiger partial charge < -0.3 is 20.1 Å². The number of nitrogen functional groups attached to an aromatic ring is 1. The molecule has 0 bridgehead atoms. The zero-order chi connectivity index (χ0) is 24.2. The highest BCUT2D eigenvalue weighted by atomic mass is 32.2. The summed E-state index contributed by atoms with van der Waals surface area (Å²) in [5.74, 6) is -0.201. The molecule has 0 unspecified atom stereocenters. The molecular weight excluding hydrogens is 452 g/mol. The highest BCUT2D eigenvalue weighted by Crippen LogP contribution is 2.35. The minimum atomic E-state index is -3.43. The number of nitrogens with two attached hydrogens (primary N) is 1. The summed E-state index contributed by atoms with van der Waals surface area (Å²) in [5.41, 5.74) is 5.88. The second-order valence-corrected chi connectivity index (χ2v) is 9.75. The van der Waals surface area contributed by atoms with Crippen LogP contribution >= 0.6 is 0 Å². The highest BCUT2D eigenvalue weighted by Gasteiger charge is 2.30. The summed E-state index contributed by atoms with van der Waals surface area (Å²) in [6, 6.07) is 6.76. The third-order valence-electron chi connectivity index (χ3n) is 5.38. The van der Waals surface area contributed by atoms with Crippen molar-refractivity contribution in [3.63, 3.8) is 0 Å². The fourth-order valence-electron chi connectivity index (χ4n) is 3.54. The van der Waals surface area contributed by atoms with Crippen molar-refractivity contribution in [2.45, 2.75) is 31.6 Å². The average molecular weight is 479 g/mol. The number of nitro groups is 1. The molecule has 12 heteroatoms. The van der Waals surface area contributed by atoms with Gasteiger partial charge in [0.1, 0.15) is 0 Å². The van der Waals surface area contributed by atoms with Crippen molar-refractivity contribution in [3.8, 4) is 11.6 Å². The SMILES string of the molecule is CCOC(=O)C1CCN(c2nc(Oc3ccc(S(=O)(=O)CC)cc3N)ccc2[N+](=O)[O-])CC1. The first-order valence-electron chi connectivity index (χ1n) is 10.5. The number of benzene rings is 1. The number of rotatable bonds is 8. The molecule has 11 nitrogen and oxygen atoms in total. The summed E-state index contributed by atoms with van der Waals surface area (Å²) in [7, 11) is -3.43. The van der Waals surface area contributed by atoms with Crippen molar-refractivity contribution in [3.05, 3.63) is 40.4 Å². The second kappa shape index (κ2) is 10.0. The Hall–Kier alpha value is -3.41. The molecule has 1 aromatic heterocycles. The van der Waals surface area contributed by atoms with Gasteiger partial charge in [-0.2, -0.15) is 4.98 Å². The van der Waals surface area contributed by atoms with Gasteiger partial charge in [-0.1, -0.05) is 6.92 Å². The Labute approximate surface area is 191 Å². The zero-order valence-corrected chi connectivity index (χ0v) is 19.2. The van der Waals surface area contributed by atoms with Crippen molar-refractivity contribution in [1.82, 2.24) is 4.98 Å². The van der Waals surface area contributed by atoms with Gasteiger partial charge >= 0.3 is 11.7 Å². The maximum absolute atomic E-state index is 12.0. The summed E-state index contributed by atoms with van der Waals surface area (Å²) >= 11 is 0. The molecule has 0 spiro atoms. The first kappa shape index (κ1) is 24.2. The molecule has 1 aromatic carbocycles. The number of aromatic nitrogens is 1. The van der Waals surface area contributed by atoms with E-state index in [1.54, 1.807) is 11.8 Å². The van der Waals surface area contributed by atoms with Gasteiger partial charge in [-0.15, -0.1) is 0 Å². The van der Waals surface area contributed by atoms with E-state index < -0.39 is 14.8 Å². The van der Waals surface area contributed by atoms with Crippen LogP contribution in [0.25, 0.3) is 0 Å². The first-order chi connectivity index (χ1) is 15.7. The molecule has 0 atom stereocenters. The molecule has 1 fully saturated rings. The third kappa shape index (κ3) is 5.51. The average Bonchev–Trinajstić information content (AvgIpc) is 2.80. The van der Waals surface area contributed by atoms with E-state index in [0.29, 0.717) is 32.5 Å². The van der Waals surface area contributed by atoms with Crippen LogP contribution in [0.1, 0.15) is 26.7 Å². The van der Waals surface area contributed by atoms with E-state index in [-0.39, 0.29) is 51.4 Å². The van der Waals surface area contributed by atoms with Crippen molar-refractivity contribution >= 4 is 33.0 Å². The molecule has 0 saturated carbocycles. The van der Waals surface area contributed by atoms with Crippen molar-refractivity contribution in [2.75, 3.05) is 36.1 Å². The Bertz CT molecular complexity index is 1150. The standard InChI is InChI=1S/C21H26N4O7S/c1-3-31-21(26)14-9-11-24(12-10-14)20-17(25(27)28)6-8-19(23-20)32-18-7-5-15(13-16(18)22)33(29,30)4-2/h5-8,13-14H,3-4,9-12,22H2,1-2H3. The van der Waals surface area contributed by atoms with Crippen LogP contribution in [0.4, 0.5) is 17.2 Å². The molecule has 0 radical (unpaired) electrons. The molecule has 2 heterocycles. The van der Waals surface area contributed by atoms with Crippen LogP contribution in [-0.2, 0) is 19.4 Å². The van der Waals surface area contributed by atoms with E-state index in [1.807, 2.05) is 0 Å². The highest BCUT2D eigenvalue weighted by molar-refractivity contribution is 7.91. The van der Waals surface area contributed by atoms with E-state index >= 15 is 0 Å². The molecule has 2 N–H and O–H groups in total. The maximum atomic E-state index is 12.0. The lowest BCUT2D eigenvalue weighted by Gasteiger charge is -2.31. The van der Waals surface area contributed by atoms with E-state index in [0.717, 1.165) is 0 Å². The first-order valence-corrected chi connectivity index (χ1v) is 12.2. The molecule has 3 rings (SSSR count). The van der Waals surface area contributed by atoms with E-state index in [2.05, 4.69) is 4.98 Å². The van der Waals surface area contributed by atoms with Gasteiger partial charge in [0.2, 0.25) is 11.7 Å². The summed E-state index contributed by atoms with van der Waals surface area (Å²) in [4.78, 5) is 29.1. The van der Waals surface area contributed by atoms with Crippen LogP contribution in [0.3, 0.4) is 0 Å². The molecule has 33 heavy (non-hydrogen) atoms. The number of pyridine rings is 1. The minimum absolute atomic E-state index is 0.0627. The van der Waals surface area contributed by atoms with Gasteiger partial charge in [-0.3, -0.25) is 14.9 Å². The number of carbonyl (C=O) groups excluding carboxylic acids is 1. The number of hydrogen-bond acceptors (Lipinski definition) is 10. The topological polar surface area (TPSA) is 155 Å². The summed E-state index contributed by atoms with van der Waals surface area (Å²) < 4.78 is 34.9. The van der Waals surface area contributed by atoms with Crippen LogP contribution in [0, 0.1) is 16.0 Å². The number of carbonyl (C=O) groups is 1. The van der Waals surface area contributed by atoms with E-state index in [9.17, 15) is 23.3 Å². The smallest absolute Gasteiger partial charge is 0.311 e.